The number of hydrogen-bond acceptors (Lipinski definition) is 12. The maximum absolute atomic E-state index is 12.4. The van der Waals surface area contributed by atoms with Crippen LogP contribution in [0.15, 0.2) is 60.7 Å². The molecule has 2 aliphatic rings. The van der Waals surface area contributed by atoms with Gasteiger partial charge >= 0.3 is 24.0 Å². The van der Waals surface area contributed by atoms with Gasteiger partial charge in [0.2, 0.25) is 23.6 Å². The molecular formula is C48H72ClN5O12. The second kappa shape index (κ2) is 31.2. The molecule has 2 aromatic carbocycles. The number of halogens is 1. The minimum atomic E-state index is -0.632. The number of esters is 3. The number of nitrogens with zero attached hydrogens (tertiary/aromatic N) is 1. The number of carbonyl (C=O) groups excluding carboxylic acids is 8. The summed E-state index contributed by atoms with van der Waals surface area (Å²) in [5, 5.41) is 10.8. The van der Waals surface area contributed by atoms with Gasteiger partial charge in [0.25, 0.3) is 0 Å². The van der Waals surface area contributed by atoms with E-state index in [1.807, 2.05) is 81.4 Å². The fraction of sp³-hybridized carbons (Fsp3) is 0.583. The summed E-state index contributed by atoms with van der Waals surface area (Å²) in [4.78, 5) is 95.2. The fourth-order valence-electron chi connectivity index (χ4n) is 6.46. The molecule has 1 aliphatic carbocycles. The standard InChI is InChI=1S/C23H33N3O6.C19H26N2O4.C6H12O2.ClH/c1-23(2,3)32-22(30)26-15-7-10-18(26)21(29)25-13-11-19(27)24-14-12-20(28)31-16-17-8-5-4-6-9-17;22-17(10-12-21-19(24)16-8-4-5-9-16)20-13-11-18(23)25-14-15-6-2-1-3-7-15;1-5(7)8-6(2,3)4;/h4-6,8-9,18H,7,10-16H2,1-3H3,(H,24,27)(H,25,29);1-3,6-7,16H,4-5,8-14H2,(H,20,22)(H,21,24);1-4H3;1H. The Balaban J connectivity index is 0.000000569. The molecule has 1 unspecified atom stereocenters. The topological polar surface area (TPSA) is 225 Å². The van der Waals surface area contributed by atoms with Crippen LogP contribution in [-0.4, -0.2) is 102 Å². The van der Waals surface area contributed by atoms with Crippen molar-refractivity contribution in [1.29, 1.82) is 0 Å². The smallest absolute Gasteiger partial charge is 0.410 e. The first kappa shape index (κ1) is 58.3. The van der Waals surface area contributed by atoms with Crippen LogP contribution in [0.25, 0.3) is 0 Å². The van der Waals surface area contributed by atoms with Gasteiger partial charge in [-0.3, -0.25) is 38.5 Å². The molecule has 0 aromatic heterocycles. The van der Waals surface area contributed by atoms with Crippen molar-refractivity contribution < 1.29 is 57.3 Å². The van der Waals surface area contributed by atoms with Gasteiger partial charge in [0.05, 0.1) is 12.8 Å². The van der Waals surface area contributed by atoms with E-state index in [1.54, 1.807) is 20.8 Å². The minimum absolute atomic E-state index is 0. The first-order valence-electron chi connectivity index (χ1n) is 22.4. The lowest BCUT2D eigenvalue weighted by Gasteiger charge is -2.28. The number of nitrogens with one attached hydrogen (secondary N) is 4. The van der Waals surface area contributed by atoms with Gasteiger partial charge in [-0.15, -0.1) is 12.4 Å². The van der Waals surface area contributed by atoms with Gasteiger partial charge in [-0.25, -0.2) is 4.79 Å². The lowest BCUT2D eigenvalue weighted by atomic mass is 10.1. The first-order chi connectivity index (χ1) is 30.7. The van der Waals surface area contributed by atoms with E-state index in [9.17, 15) is 38.4 Å². The molecule has 1 aliphatic heterocycles. The fourth-order valence-corrected chi connectivity index (χ4v) is 6.46. The molecule has 0 bridgehead atoms. The van der Waals surface area contributed by atoms with Crippen molar-refractivity contribution in [2.24, 2.45) is 5.92 Å². The molecule has 18 heteroatoms. The maximum Gasteiger partial charge on any atom is 0.410 e. The highest BCUT2D eigenvalue weighted by Crippen LogP contribution is 2.24. The lowest BCUT2D eigenvalue weighted by Crippen LogP contribution is -2.48. The number of ether oxygens (including phenoxy) is 4. The van der Waals surface area contributed by atoms with E-state index in [0.717, 1.165) is 43.2 Å². The van der Waals surface area contributed by atoms with Crippen molar-refractivity contribution in [1.82, 2.24) is 26.2 Å². The second-order valence-electron chi connectivity index (χ2n) is 17.6. The molecule has 66 heavy (non-hydrogen) atoms. The predicted octanol–water partition coefficient (Wildman–Crippen LogP) is 5.84. The Kier molecular flexibility index (Phi) is 27.6. The van der Waals surface area contributed by atoms with Crippen LogP contribution in [-0.2, 0) is 65.7 Å². The van der Waals surface area contributed by atoms with E-state index >= 15 is 0 Å². The number of carbonyl (C=O) groups is 8. The molecule has 4 N–H and O–H groups in total. The van der Waals surface area contributed by atoms with Gasteiger partial charge in [0.15, 0.2) is 0 Å². The summed E-state index contributed by atoms with van der Waals surface area (Å²) in [7, 11) is 0. The van der Waals surface area contributed by atoms with E-state index in [4.69, 9.17) is 18.9 Å². The number of hydrogen-bond donors (Lipinski definition) is 4. The zero-order chi connectivity index (χ0) is 48.3. The highest BCUT2D eigenvalue weighted by Gasteiger charge is 2.36. The third-order valence-corrected chi connectivity index (χ3v) is 9.45. The van der Waals surface area contributed by atoms with Crippen LogP contribution in [0.2, 0.25) is 0 Å². The van der Waals surface area contributed by atoms with Crippen LogP contribution in [0.3, 0.4) is 0 Å². The number of amides is 5. The summed E-state index contributed by atoms with van der Waals surface area (Å²) in [6.45, 7) is 14.0. The Morgan fingerprint density at radius 2 is 0.985 bits per heavy atom. The minimum Gasteiger partial charge on any atom is -0.461 e. The van der Waals surface area contributed by atoms with Gasteiger partial charge in [0.1, 0.15) is 30.5 Å². The highest BCUT2D eigenvalue weighted by molar-refractivity contribution is 5.87. The molecule has 1 heterocycles. The van der Waals surface area contributed by atoms with Crippen molar-refractivity contribution >= 4 is 60.0 Å². The monoisotopic (exact) mass is 945 g/mol. The van der Waals surface area contributed by atoms with Gasteiger partial charge in [0, 0.05) is 58.4 Å². The van der Waals surface area contributed by atoms with Crippen molar-refractivity contribution in [3.05, 3.63) is 71.8 Å². The second-order valence-corrected chi connectivity index (χ2v) is 17.6. The van der Waals surface area contributed by atoms with Gasteiger partial charge in [-0.2, -0.15) is 0 Å². The molecule has 5 amide bonds. The maximum atomic E-state index is 12.4. The van der Waals surface area contributed by atoms with E-state index in [1.165, 1.54) is 11.8 Å². The van der Waals surface area contributed by atoms with Gasteiger partial charge in [-0.05, 0) is 78.4 Å². The Hall–Kier alpha value is -5.71. The summed E-state index contributed by atoms with van der Waals surface area (Å²) >= 11 is 0. The third kappa shape index (κ3) is 27.6. The lowest BCUT2D eigenvalue weighted by molar-refractivity contribution is -0.152. The third-order valence-electron chi connectivity index (χ3n) is 9.45. The average Bonchev–Trinajstić information content (AvgIpc) is 3.96. The Morgan fingerprint density at radius 1 is 0.561 bits per heavy atom. The molecule has 2 fully saturated rings. The molecular weight excluding hydrogens is 874 g/mol. The average molecular weight is 947 g/mol. The van der Waals surface area contributed by atoms with E-state index in [2.05, 4.69) is 21.3 Å². The molecule has 0 spiro atoms. The van der Waals surface area contributed by atoms with Crippen LogP contribution in [0.5, 0.6) is 0 Å². The Labute approximate surface area is 395 Å². The van der Waals surface area contributed by atoms with Crippen molar-refractivity contribution in [2.45, 2.75) is 143 Å². The quantitative estimate of drug-likeness (QED) is 0.102. The Bertz CT molecular complexity index is 1810. The first-order valence-corrected chi connectivity index (χ1v) is 22.4. The molecule has 2 aromatic rings. The zero-order valence-electron chi connectivity index (χ0n) is 39.7. The van der Waals surface area contributed by atoms with Crippen molar-refractivity contribution in [3.63, 3.8) is 0 Å². The Morgan fingerprint density at radius 3 is 1.39 bits per heavy atom. The summed E-state index contributed by atoms with van der Waals surface area (Å²) < 4.78 is 20.4. The van der Waals surface area contributed by atoms with E-state index < -0.39 is 23.7 Å². The molecule has 368 valence electrons. The van der Waals surface area contributed by atoms with Crippen molar-refractivity contribution in [3.8, 4) is 0 Å². The highest BCUT2D eigenvalue weighted by atomic mass is 35.5. The summed E-state index contributed by atoms with van der Waals surface area (Å²) in [5.74, 6) is -1.57. The van der Waals surface area contributed by atoms with Crippen LogP contribution < -0.4 is 21.3 Å². The molecule has 4 rings (SSSR count). The van der Waals surface area contributed by atoms with Gasteiger partial charge < -0.3 is 40.2 Å². The SMILES string of the molecule is CC(=O)OC(C)(C)C.CC(C)(C)OC(=O)N1CCCC1C(=O)NCCC(=O)NCCC(=O)OCc1ccccc1.Cl.O=C(CCNC(=O)C1CCCC1)NCCC(=O)OCc1ccccc1. The van der Waals surface area contributed by atoms with Crippen LogP contribution >= 0.6 is 12.4 Å². The van der Waals surface area contributed by atoms with Crippen LogP contribution in [0.1, 0.15) is 124 Å². The number of rotatable bonds is 18. The van der Waals surface area contributed by atoms with Crippen LogP contribution in [0, 0.1) is 5.92 Å². The zero-order valence-corrected chi connectivity index (χ0v) is 40.5. The number of likely N-dealkylation sites (tertiary alicyclic amines) is 1. The normalized spacial score (nSPS) is 14.3. The van der Waals surface area contributed by atoms with E-state index in [0.29, 0.717) is 19.5 Å². The van der Waals surface area contributed by atoms with Crippen molar-refractivity contribution in [2.75, 3.05) is 32.7 Å². The molecule has 1 atom stereocenters. The molecule has 1 saturated carbocycles. The summed E-state index contributed by atoms with van der Waals surface area (Å²) in [5.41, 5.74) is 0.865. The molecule has 1 saturated heterocycles. The van der Waals surface area contributed by atoms with E-state index in [-0.39, 0.29) is 118 Å². The van der Waals surface area contributed by atoms with Gasteiger partial charge in [-0.1, -0.05) is 73.5 Å². The largest absolute Gasteiger partial charge is 0.461 e. The molecule has 17 nitrogen and oxygen atoms in total. The summed E-state index contributed by atoms with van der Waals surface area (Å²) in [6, 6.07) is 18.2. The number of benzene rings is 2. The molecule has 0 radical (unpaired) electrons. The van der Waals surface area contributed by atoms with Crippen LogP contribution in [0.4, 0.5) is 4.79 Å². The predicted molar refractivity (Wildman–Crippen MR) is 250 cm³/mol. The summed E-state index contributed by atoms with van der Waals surface area (Å²) in [6.07, 6.45) is 5.38.